The molecule has 212 valence electrons. The van der Waals surface area contributed by atoms with Crippen molar-refractivity contribution >= 4 is 11.6 Å². The van der Waals surface area contributed by atoms with Gasteiger partial charge in [0.1, 0.15) is 5.75 Å². The van der Waals surface area contributed by atoms with E-state index in [9.17, 15) is 9.90 Å². The quantitative estimate of drug-likeness (QED) is 0.358. The minimum Gasteiger partial charge on any atom is -0.496 e. The lowest BCUT2D eigenvalue weighted by Gasteiger charge is -2.36. The van der Waals surface area contributed by atoms with Crippen molar-refractivity contribution in [3.05, 3.63) is 66.0 Å². The van der Waals surface area contributed by atoms with Crippen LogP contribution in [0.2, 0.25) is 0 Å². The lowest BCUT2D eigenvalue weighted by molar-refractivity contribution is -0.124. The number of aryl methyl sites for hydroxylation is 1. The second-order valence-electron chi connectivity index (χ2n) is 11.4. The minimum atomic E-state index is -0.284. The molecule has 0 saturated heterocycles. The maximum absolute atomic E-state index is 14.0. The Kier molecular flexibility index (Phi) is 9.00. The van der Waals surface area contributed by atoms with Crippen molar-refractivity contribution in [2.75, 3.05) is 25.7 Å². The molecule has 0 spiro atoms. The molecule has 1 heterocycles. The van der Waals surface area contributed by atoms with E-state index in [0.717, 1.165) is 67.6 Å². The number of aromatic nitrogens is 2. The largest absolute Gasteiger partial charge is 0.496 e. The molecular weight excluding hydrogens is 502 g/mol. The van der Waals surface area contributed by atoms with E-state index < -0.39 is 0 Å². The fourth-order valence-corrected chi connectivity index (χ4v) is 6.38. The molecule has 1 amide bonds. The summed E-state index contributed by atoms with van der Waals surface area (Å²) in [4.78, 5) is 24.5. The van der Waals surface area contributed by atoms with Gasteiger partial charge in [-0.05, 0) is 105 Å². The molecule has 2 fully saturated rings. The molecule has 0 radical (unpaired) electrons. The van der Waals surface area contributed by atoms with Gasteiger partial charge in [-0.15, -0.1) is 0 Å². The summed E-state index contributed by atoms with van der Waals surface area (Å²) in [5, 5.41) is 10.0. The molecule has 1 N–H and O–H groups in total. The Morgan fingerprint density at radius 3 is 2.27 bits per heavy atom. The predicted molar refractivity (Wildman–Crippen MR) is 157 cm³/mol. The molecule has 0 bridgehead atoms. The van der Waals surface area contributed by atoms with Crippen LogP contribution >= 0.6 is 0 Å². The smallest absolute Gasteiger partial charge is 0.316 e. The third-order valence-electron chi connectivity index (χ3n) is 8.79. The first-order chi connectivity index (χ1) is 19.4. The van der Waals surface area contributed by atoms with Gasteiger partial charge in [-0.3, -0.25) is 4.79 Å². The first-order valence-electron chi connectivity index (χ1n) is 14.6. The number of aliphatic hydroxyl groups excluding tert-OH is 1. The third kappa shape index (κ3) is 6.47. The highest BCUT2D eigenvalue weighted by atomic mass is 16.5. The molecule has 2 aliphatic rings. The zero-order valence-corrected chi connectivity index (χ0v) is 23.9. The van der Waals surface area contributed by atoms with Gasteiger partial charge >= 0.3 is 6.01 Å². The lowest BCUT2D eigenvalue weighted by atomic mass is 9.78. The maximum atomic E-state index is 14.0. The van der Waals surface area contributed by atoms with E-state index >= 15 is 0 Å². The topological polar surface area (TPSA) is 84.8 Å². The zero-order valence-electron chi connectivity index (χ0n) is 23.9. The van der Waals surface area contributed by atoms with Crippen molar-refractivity contribution in [1.82, 2.24) is 9.97 Å². The van der Waals surface area contributed by atoms with Gasteiger partial charge in [0.25, 0.3) is 0 Å². The average molecular weight is 544 g/mol. The molecule has 0 aliphatic heterocycles. The summed E-state index contributed by atoms with van der Waals surface area (Å²) < 4.78 is 10.6. The van der Waals surface area contributed by atoms with Crippen molar-refractivity contribution in [1.29, 1.82) is 0 Å². The number of carbonyl (C=O) groups excluding carboxylic acids is 1. The number of nitrogens with zero attached hydrogens (tertiary/aromatic N) is 3. The number of benzene rings is 2. The van der Waals surface area contributed by atoms with E-state index in [2.05, 4.69) is 41.2 Å². The van der Waals surface area contributed by atoms with E-state index in [1.165, 1.54) is 11.1 Å². The second-order valence-corrected chi connectivity index (χ2v) is 11.4. The van der Waals surface area contributed by atoms with Crippen molar-refractivity contribution in [2.45, 2.75) is 70.3 Å². The van der Waals surface area contributed by atoms with Crippen molar-refractivity contribution < 1.29 is 19.4 Å². The van der Waals surface area contributed by atoms with Crippen LogP contribution in [0.15, 0.2) is 54.9 Å². The van der Waals surface area contributed by atoms with Gasteiger partial charge in [0.15, 0.2) is 0 Å². The average Bonchev–Trinajstić information content (AvgIpc) is 3.00. The maximum Gasteiger partial charge on any atom is 0.316 e. The fourth-order valence-electron chi connectivity index (χ4n) is 6.38. The van der Waals surface area contributed by atoms with E-state index in [1.807, 2.05) is 23.1 Å². The Morgan fingerprint density at radius 2 is 1.62 bits per heavy atom. The van der Waals surface area contributed by atoms with Crippen LogP contribution in [0.4, 0.5) is 5.69 Å². The number of methoxy groups -OCH3 is 2. The van der Waals surface area contributed by atoms with Crippen LogP contribution in [0.25, 0.3) is 11.1 Å². The predicted octanol–water partition coefficient (Wildman–Crippen LogP) is 6.33. The number of carbonyl (C=O) groups is 1. The number of aliphatic hydroxyl groups is 1. The molecule has 2 saturated carbocycles. The Hall–Kier alpha value is -3.45. The van der Waals surface area contributed by atoms with Crippen LogP contribution in [0.3, 0.4) is 0 Å². The van der Waals surface area contributed by atoms with Gasteiger partial charge in [-0.1, -0.05) is 24.3 Å². The molecule has 2 aliphatic carbocycles. The van der Waals surface area contributed by atoms with Crippen LogP contribution in [-0.2, 0) is 4.79 Å². The molecule has 5 rings (SSSR count). The number of hydrogen-bond donors (Lipinski definition) is 1. The first-order valence-corrected chi connectivity index (χ1v) is 14.6. The Bertz CT molecular complexity index is 1280. The van der Waals surface area contributed by atoms with Crippen LogP contribution in [0, 0.1) is 18.8 Å². The van der Waals surface area contributed by atoms with Gasteiger partial charge in [0.2, 0.25) is 5.91 Å². The summed E-state index contributed by atoms with van der Waals surface area (Å²) in [6, 6.07) is 15.0. The van der Waals surface area contributed by atoms with E-state index in [-0.39, 0.29) is 17.9 Å². The number of ether oxygens (including phenoxy) is 2. The van der Waals surface area contributed by atoms with E-state index in [4.69, 9.17) is 9.47 Å². The number of hydrogen-bond acceptors (Lipinski definition) is 6. The van der Waals surface area contributed by atoms with Crippen LogP contribution in [0.1, 0.15) is 68.4 Å². The molecule has 2 aromatic carbocycles. The summed E-state index contributed by atoms with van der Waals surface area (Å²) in [7, 11) is 3.27. The van der Waals surface area contributed by atoms with Crippen molar-refractivity contribution in [3.8, 4) is 22.9 Å². The highest BCUT2D eigenvalue weighted by Gasteiger charge is 2.32. The van der Waals surface area contributed by atoms with E-state index in [0.29, 0.717) is 30.7 Å². The Morgan fingerprint density at radius 1 is 0.900 bits per heavy atom. The first kappa shape index (κ1) is 28.1. The molecule has 0 unspecified atom stereocenters. The monoisotopic (exact) mass is 543 g/mol. The van der Waals surface area contributed by atoms with Crippen molar-refractivity contribution in [2.24, 2.45) is 11.8 Å². The Balaban J connectivity index is 1.33. The zero-order chi connectivity index (χ0) is 28.1. The van der Waals surface area contributed by atoms with E-state index in [1.54, 1.807) is 26.6 Å². The Labute approximate surface area is 237 Å². The summed E-state index contributed by atoms with van der Waals surface area (Å²) in [5.74, 6) is 2.06. The third-order valence-corrected chi connectivity index (χ3v) is 8.79. The summed E-state index contributed by atoms with van der Waals surface area (Å²) >= 11 is 0. The van der Waals surface area contributed by atoms with Crippen LogP contribution in [-0.4, -0.2) is 47.8 Å². The number of anilines is 1. The number of rotatable bonds is 8. The molecule has 0 atom stereocenters. The highest BCUT2D eigenvalue weighted by molar-refractivity contribution is 5.95. The van der Waals surface area contributed by atoms with Crippen molar-refractivity contribution in [3.63, 3.8) is 0 Å². The summed E-state index contributed by atoms with van der Waals surface area (Å²) in [5.41, 5.74) is 5.33. The molecule has 3 aromatic rings. The highest BCUT2D eigenvalue weighted by Crippen LogP contribution is 2.39. The second kappa shape index (κ2) is 12.8. The summed E-state index contributed by atoms with van der Waals surface area (Å²) in [6.45, 7) is 2.82. The number of amides is 1. The minimum absolute atomic E-state index is 0.0463. The fraction of sp³-hybridized carbons (Fsp3) is 0.485. The SMILES string of the molecule is COc1ncc(-c2cccc(N(C[C@H]3CC[C@H](c4ccc(OC)c(C)c4)CC3)C(=O)[C@H]3CC[C@H](O)CC3)c2)cn1. The normalized spacial score (nSPS) is 22.9. The molecule has 40 heavy (non-hydrogen) atoms. The van der Waals surface area contributed by atoms with Gasteiger partial charge in [-0.25, -0.2) is 9.97 Å². The van der Waals surface area contributed by atoms with Crippen LogP contribution in [0.5, 0.6) is 11.8 Å². The van der Waals surface area contributed by atoms with Crippen LogP contribution < -0.4 is 14.4 Å². The lowest BCUT2D eigenvalue weighted by Crippen LogP contribution is -2.41. The van der Waals surface area contributed by atoms with Gasteiger partial charge in [0.05, 0.1) is 20.3 Å². The van der Waals surface area contributed by atoms with Gasteiger partial charge in [-0.2, -0.15) is 0 Å². The van der Waals surface area contributed by atoms with Gasteiger partial charge in [0, 0.05) is 36.1 Å². The molecular formula is C33H41N3O4. The molecule has 7 heteroatoms. The van der Waals surface area contributed by atoms with Gasteiger partial charge < -0.3 is 19.5 Å². The standard InChI is InChI=1S/C33H41N3O4/c1-22-17-27(13-16-31(22)39-2)24-9-7-23(8-10-24)21-36(32(38)25-11-14-30(37)15-12-25)29-6-4-5-26(18-29)28-19-34-33(40-3)35-20-28/h4-6,13,16-20,23-25,30,37H,7-12,14-15,21H2,1-3H3/t23-,24-,25-,30-. The molecule has 1 aromatic heterocycles. The molecule has 7 nitrogen and oxygen atoms in total. The summed E-state index contributed by atoms with van der Waals surface area (Å²) in [6.07, 6.45) is 10.5.